The minimum Gasteiger partial charge on any atom is -0.382 e. The van der Waals surface area contributed by atoms with E-state index in [-0.39, 0.29) is 22.2 Å². The van der Waals surface area contributed by atoms with E-state index in [1.54, 1.807) is 6.07 Å². The minimum atomic E-state index is -4.66. The van der Waals surface area contributed by atoms with Gasteiger partial charge in [0.15, 0.2) is 27.1 Å². The van der Waals surface area contributed by atoms with Gasteiger partial charge in [0.25, 0.3) is 0 Å². The molecule has 8 nitrogen and oxygen atoms in total. The van der Waals surface area contributed by atoms with E-state index in [2.05, 4.69) is 20.4 Å². The van der Waals surface area contributed by atoms with Gasteiger partial charge in [-0.15, -0.1) is 10.2 Å². The predicted molar refractivity (Wildman–Crippen MR) is 166 cm³/mol. The topological polar surface area (TPSA) is 124 Å². The summed E-state index contributed by atoms with van der Waals surface area (Å²) in [5.74, 6) is 0.380. The van der Waals surface area contributed by atoms with E-state index < -0.39 is 24.7 Å². The number of benzene rings is 2. The Morgan fingerprint density at radius 1 is 0.854 bits per heavy atom. The third-order valence-electron chi connectivity index (χ3n) is 6.44. The van der Waals surface area contributed by atoms with Crippen LogP contribution in [0, 0.1) is 0 Å². The molecule has 0 bridgehead atoms. The van der Waals surface area contributed by atoms with E-state index in [0.717, 1.165) is 11.1 Å². The van der Waals surface area contributed by atoms with Gasteiger partial charge in [-0.3, -0.25) is 0 Å². The Labute approximate surface area is 250 Å². The van der Waals surface area contributed by atoms with Crippen molar-refractivity contribution in [2.24, 2.45) is 0 Å². The van der Waals surface area contributed by atoms with E-state index >= 15 is 0 Å². The van der Waals surface area contributed by atoms with Crippen LogP contribution in [-0.2, 0) is 16.4 Å². The molecular weight excluding hydrogens is 525 g/mol. The van der Waals surface area contributed by atoms with Gasteiger partial charge in [-0.2, -0.15) is 0 Å². The summed E-state index contributed by atoms with van der Waals surface area (Å²) in [6.07, 6.45) is 1.79. The standard InChI is InChI=1S/C24H17B8N5O3S/c25-12-34-10-13-1-3-14(4-2-13)17-9-19(40-37-17)20-21(33)35-11-18(36-20)15-5-7-16(8-6-15)41(38,39)22(26,23(27,28)29)24(30,31)32/h1-9,11,34H,10,12H2,(H2,33,35). The zero-order valence-corrected chi connectivity index (χ0v) is 22.7. The van der Waals surface area contributed by atoms with E-state index in [9.17, 15) is 8.42 Å². The molecule has 2 aromatic carbocycles. The average molecular weight is 542 g/mol. The van der Waals surface area contributed by atoms with Crippen LogP contribution in [0.4, 0.5) is 5.82 Å². The molecule has 0 spiro atoms. The van der Waals surface area contributed by atoms with Crippen molar-refractivity contribution in [1.82, 2.24) is 20.4 Å². The van der Waals surface area contributed by atoms with Crippen LogP contribution in [0.5, 0.6) is 0 Å². The highest BCUT2D eigenvalue weighted by Gasteiger charge is 2.53. The zero-order valence-electron chi connectivity index (χ0n) is 21.9. The maximum atomic E-state index is 13.4. The fourth-order valence-electron chi connectivity index (χ4n) is 4.08. The quantitative estimate of drug-likeness (QED) is 0.270. The molecule has 186 valence electrons. The molecule has 41 heavy (non-hydrogen) atoms. The van der Waals surface area contributed by atoms with Crippen molar-refractivity contribution in [2.75, 3.05) is 12.2 Å². The first kappa shape index (κ1) is 30.9. The largest absolute Gasteiger partial charge is 0.382 e. The van der Waals surface area contributed by atoms with Gasteiger partial charge in [0.2, 0.25) is 0 Å². The Morgan fingerprint density at radius 2 is 1.41 bits per heavy atom. The third-order valence-corrected chi connectivity index (χ3v) is 8.89. The molecule has 4 rings (SSSR count). The van der Waals surface area contributed by atoms with Crippen LogP contribution in [0.25, 0.3) is 34.0 Å². The number of anilines is 1. The summed E-state index contributed by atoms with van der Waals surface area (Å²) in [5.41, 5.74) is 9.59. The van der Waals surface area contributed by atoms with E-state index in [0.29, 0.717) is 29.9 Å². The van der Waals surface area contributed by atoms with E-state index in [1.165, 1.54) is 30.5 Å². The molecule has 0 amide bonds. The van der Waals surface area contributed by atoms with Crippen molar-refractivity contribution in [1.29, 1.82) is 0 Å². The zero-order chi connectivity index (χ0) is 30.2. The molecular formula is C24H17B8N5O3S. The van der Waals surface area contributed by atoms with Crippen molar-refractivity contribution < 1.29 is 12.9 Å². The first-order valence-electron chi connectivity index (χ1n) is 12.1. The normalized spacial score (nSPS) is 12.8. The Hall–Kier alpha value is -3.04. The second-order valence-corrected chi connectivity index (χ2v) is 11.6. The number of rotatable bonds is 10. The molecule has 0 saturated heterocycles. The van der Waals surface area contributed by atoms with Gasteiger partial charge in [-0.25, -0.2) is 18.4 Å². The van der Waals surface area contributed by atoms with Gasteiger partial charge in [-0.1, -0.05) is 41.6 Å². The Kier molecular flexibility index (Phi) is 8.54. The highest BCUT2D eigenvalue weighted by atomic mass is 32.2. The van der Waals surface area contributed by atoms with Gasteiger partial charge in [-0.05, 0) is 24.1 Å². The lowest BCUT2D eigenvalue weighted by atomic mass is 9.21. The lowest BCUT2D eigenvalue weighted by Gasteiger charge is -2.53. The number of nitrogen functional groups attached to an aromatic ring is 1. The lowest BCUT2D eigenvalue weighted by molar-refractivity contribution is 0.434. The van der Waals surface area contributed by atoms with Gasteiger partial charge < -0.3 is 15.6 Å². The van der Waals surface area contributed by atoms with Crippen molar-refractivity contribution in [3.05, 3.63) is 66.4 Å². The molecule has 4 aromatic rings. The van der Waals surface area contributed by atoms with Crippen LogP contribution in [0.1, 0.15) is 5.56 Å². The fourth-order valence-corrected chi connectivity index (χ4v) is 5.88. The summed E-state index contributed by atoms with van der Waals surface area (Å²) in [6, 6.07) is 14.7. The van der Waals surface area contributed by atoms with Crippen LogP contribution in [0.3, 0.4) is 0 Å². The van der Waals surface area contributed by atoms with Crippen molar-refractivity contribution in [3.8, 4) is 34.0 Å². The monoisotopic (exact) mass is 543 g/mol. The number of hydrogen-bond acceptors (Lipinski definition) is 8. The van der Waals surface area contributed by atoms with Crippen molar-refractivity contribution >= 4 is 78.4 Å². The summed E-state index contributed by atoms with van der Waals surface area (Å²) in [4.78, 5) is 8.41. The summed E-state index contributed by atoms with van der Waals surface area (Å²) in [5, 5.41) is 1.98. The maximum absolute atomic E-state index is 13.4. The number of aromatic nitrogens is 3. The average Bonchev–Trinajstić information content (AvgIpc) is 3.41. The number of nitrogens with zero attached hydrogens (tertiary/aromatic N) is 3. The Balaban J connectivity index is 1.64. The van der Waals surface area contributed by atoms with Gasteiger partial charge in [0.1, 0.15) is 5.69 Å². The number of sulfone groups is 1. The minimum absolute atomic E-state index is 0.0992. The summed E-state index contributed by atoms with van der Waals surface area (Å²) in [7, 11) is 40.7. The van der Waals surface area contributed by atoms with E-state index in [4.69, 9.17) is 73.0 Å². The molecule has 2 aromatic heterocycles. The smallest absolute Gasteiger partial charge is 0.189 e. The van der Waals surface area contributed by atoms with Crippen molar-refractivity contribution in [2.45, 2.75) is 26.3 Å². The SMILES string of the molecule is [B]CNCc1ccc(-c2cc(-c3nc(-c4ccc(S(=O)(=O)C([B])(C([B])([B])[B])C([B])([B])[B])cc4)cnc3N)on2)cc1. The first-order valence-corrected chi connectivity index (χ1v) is 13.6. The number of hydrogen-bond donors (Lipinski definition) is 2. The molecule has 0 unspecified atom stereocenters. The molecule has 16 radical (unpaired) electrons. The van der Waals surface area contributed by atoms with Crippen LogP contribution in [0.15, 0.2) is 70.2 Å². The third kappa shape index (κ3) is 5.84. The summed E-state index contributed by atoms with van der Waals surface area (Å²) >= 11 is 0. The van der Waals surface area contributed by atoms with Gasteiger partial charge >= 0.3 is 0 Å². The van der Waals surface area contributed by atoms with Gasteiger partial charge in [0.05, 0.1) is 79.6 Å². The summed E-state index contributed by atoms with van der Waals surface area (Å²) < 4.78 is 29.4. The lowest BCUT2D eigenvalue weighted by Crippen LogP contribution is -2.60. The second kappa shape index (κ2) is 11.3. The van der Waals surface area contributed by atoms with Crippen molar-refractivity contribution in [3.63, 3.8) is 0 Å². The number of nitrogens with one attached hydrogen (secondary N) is 1. The van der Waals surface area contributed by atoms with Crippen LogP contribution in [-0.4, -0.2) is 97.4 Å². The van der Waals surface area contributed by atoms with E-state index in [1.807, 2.05) is 24.3 Å². The molecule has 0 aliphatic heterocycles. The molecule has 0 aliphatic rings. The molecule has 0 fully saturated rings. The van der Waals surface area contributed by atoms with Crippen LogP contribution in [0.2, 0.25) is 10.2 Å². The molecule has 0 saturated carbocycles. The molecule has 0 atom stereocenters. The predicted octanol–water partition coefficient (Wildman–Crippen LogP) is 0.0603. The maximum Gasteiger partial charge on any atom is 0.189 e. The molecule has 0 aliphatic carbocycles. The highest BCUT2D eigenvalue weighted by molar-refractivity contribution is 7.94. The molecule has 17 heteroatoms. The molecule has 2 heterocycles. The first-order chi connectivity index (χ1) is 19.1. The highest BCUT2D eigenvalue weighted by Crippen LogP contribution is 2.49. The Bertz CT molecular complexity index is 1620. The fraction of sp³-hybridized carbons (Fsp3) is 0.208. The molecule has 3 N–H and O–H groups in total. The number of nitrogens with two attached hydrogens (primary N) is 1. The van der Waals surface area contributed by atoms with Gasteiger partial charge in [0, 0.05) is 28.4 Å². The summed E-state index contributed by atoms with van der Waals surface area (Å²) in [6.45, 7) is 0.640. The van der Waals surface area contributed by atoms with Crippen LogP contribution >= 0.6 is 0 Å². The van der Waals surface area contributed by atoms with Crippen LogP contribution < -0.4 is 11.1 Å². The second-order valence-electron chi connectivity index (χ2n) is 9.52. The Morgan fingerprint density at radius 3 is 1.98 bits per heavy atom.